The maximum absolute atomic E-state index is 6.29. The van der Waals surface area contributed by atoms with Gasteiger partial charge in [0.2, 0.25) is 0 Å². The number of nitrogens with zero attached hydrogens (tertiary/aromatic N) is 1. The highest BCUT2D eigenvalue weighted by atomic mass is 35.5. The summed E-state index contributed by atoms with van der Waals surface area (Å²) in [5.74, 6) is 0.895. The van der Waals surface area contributed by atoms with Gasteiger partial charge in [0.1, 0.15) is 5.75 Å². The molecule has 1 aliphatic heterocycles. The number of benzene rings is 1. The molecule has 0 aliphatic carbocycles. The first-order chi connectivity index (χ1) is 9.78. The second kappa shape index (κ2) is 5.98. The molecule has 0 amide bonds. The van der Waals surface area contributed by atoms with Crippen LogP contribution in [-0.4, -0.2) is 19.4 Å². The average Bonchev–Trinajstić information content (AvgIpc) is 2.88. The van der Waals surface area contributed by atoms with Gasteiger partial charge in [-0.25, -0.2) is 0 Å². The molecule has 2 heterocycles. The topological polar surface area (TPSA) is 21.6 Å². The van der Waals surface area contributed by atoms with Gasteiger partial charge in [0.25, 0.3) is 0 Å². The molecular formula is C16H16ClNOS. The Morgan fingerprint density at radius 1 is 1.25 bits per heavy atom. The highest BCUT2D eigenvalue weighted by Crippen LogP contribution is 2.31. The fourth-order valence-electron chi connectivity index (χ4n) is 2.49. The fourth-order valence-corrected chi connectivity index (χ4v) is 3.82. The van der Waals surface area contributed by atoms with E-state index in [1.165, 1.54) is 16.0 Å². The van der Waals surface area contributed by atoms with Crippen LogP contribution in [0.2, 0.25) is 5.02 Å². The van der Waals surface area contributed by atoms with Gasteiger partial charge in [-0.2, -0.15) is 0 Å². The Bertz CT molecular complexity index is 630. The quantitative estimate of drug-likeness (QED) is 0.821. The van der Waals surface area contributed by atoms with Crippen molar-refractivity contribution in [1.29, 1.82) is 0 Å². The molecule has 0 radical (unpaired) electrons. The van der Waals surface area contributed by atoms with E-state index in [0.29, 0.717) is 0 Å². The van der Waals surface area contributed by atoms with Gasteiger partial charge in [0.15, 0.2) is 0 Å². The molecule has 0 fully saturated rings. The molecule has 2 aromatic rings. The van der Waals surface area contributed by atoms with E-state index in [9.17, 15) is 0 Å². The fraction of sp³-hybridized carbons (Fsp3) is 0.312. The summed E-state index contributed by atoms with van der Waals surface area (Å²) in [7, 11) is 1.69. The summed E-state index contributed by atoms with van der Waals surface area (Å²) < 4.78 is 5.18. The molecule has 4 heteroatoms. The molecule has 0 bridgehead atoms. The predicted octanol–water partition coefficient (Wildman–Crippen LogP) is 4.39. The summed E-state index contributed by atoms with van der Waals surface area (Å²) in [6.07, 6.45) is 2.95. The van der Waals surface area contributed by atoms with Crippen LogP contribution in [0.15, 0.2) is 34.6 Å². The highest BCUT2D eigenvalue weighted by molar-refractivity contribution is 7.11. The zero-order valence-electron chi connectivity index (χ0n) is 11.4. The van der Waals surface area contributed by atoms with Crippen LogP contribution in [0.5, 0.6) is 5.75 Å². The molecule has 0 unspecified atom stereocenters. The van der Waals surface area contributed by atoms with Crippen LogP contribution in [0.3, 0.4) is 0 Å². The molecule has 0 saturated heterocycles. The van der Waals surface area contributed by atoms with E-state index in [4.69, 9.17) is 16.3 Å². The molecular weight excluding hydrogens is 290 g/mol. The van der Waals surface area contributed by atoms with Gasteiger partial charge in [0.05, 0.1) is 12.1 Å². The van der Waals surface area contributed by atoms with Crippen molar-refractivity contribution in [1.82, 2.24) is 0 Å². The molecule has 1 aliphatic rings. The third-order valence-electron chi connectivity index (χ3n) is 3.56. The number of hydrogen-bond acceptors (Lipinski definition) is 3. The maximum atomic E-state index is 6.29. The second-order valence-electron chi connectivity index (χ2n) is 4.81. The Kier molecular flexibility index (Phi) is 4.08. The average molecular weight is 306 g/mol. The van der Waals surface area contributed by atoms with Crippen molar-refractivity contribution in [2.24, 2.45) is 4.99 Å². The third-order valence-corrected chi connectivity index (χ3v) is 5.04. The summed E-state index contributed by atoms with van der Waals surface area (Å²) in [4.78, 5) is 6.05. The van der Waals surface area contributed by atoms with Gasteiger partial charge >= 0.3 is 0 Å². The number of hydrogen-bond donors (Lipinski definition) is 0. The summed E-state index contributed by atoms with van der Waals surface area (Å²) in [6.45, 7) is 0.891. The highest BCUT2D eigenvalue weighted by Gasteiger charge is 2.19. The van der Waals surface area contributed by atoms with Crippen LogP contribution in [0, 0.1) is 0 Å². The minimum absolute atomic E-state index is 0.859. The zero-order chi connectivity index (χ0) is 13.9. The number of aryl methyl sites for hydroxylation is 1. The summed E-state index contributed by atoms with van der Waals surface area (Å²) >= 11 is 8.04. The lowest BCUT2D eigenvalue weighted by Crippen LogP contribution is -2.11. The Morgan fingerprint density at radius 2 is 2.05 bits per heavy atom. The van der Waals surface area contributed by atoms with Crippen molar-refractivity contribution >= 4 is 28.6 Å². The lowest BCUT2D eigenvalue weighted by molar-refractivity contribution is 0.414. The van der Waals surface area contributed by atoms with Gasteiger partial charge in [-0.3, -0.25) is 4.99 Å². The lowest BCUT2D eigenvalue weighted by atomic mass is 9.99. The van der Waals surface area contributed by atoms with Crippen LogP contribution in [0.25, 0.3) is 0 Å². The van der Waals surface area contributed by atoms with E-state index >= 15 is 0 Å². The molecule has 2 nitrogen and oxygen atoms in total. The SMILES string of the molecule is COc1ccc(CCC2=NCCc3scc(Cl)c32)cc1. The largest absolute Gasteiger partial charge is 0.497 e. The summed E-state index contributed by atoms with van der Waals surface area (Å²) in [5.41, 5.74) is 3.65. The van der Waals surface area contributed by atoms with Crippen LogP contribution in [0.1, 0.15) is 22.4 Å². The minimum atomic E-state index is 0.859. The van der Waals surface area contributed by atoms with Gasteiger partial charge in [-0.05, 0) is 30.5 Å². The van der Waals surface area contributed by atoms with Gasteiger partial charge in [-0.1, -0.05) is 23.7 Å². The number of thiophene rings is 1. The monoisotopic (exact) mass is 305 g/mol. The van der Waals surface area contributed by atoms with E-state index in [1.807, 2.05) is 17.5 Å². The third kappa shape index (κ3) is 2.74. The van der Waals surface area contributed by atoms with E-state index in [1.54, 1.807) is 18.4 Å². The standard InChI is InChI=1S/C16H16ClNOS/c1-19-12-5-2-11(3-6-12)4-7-14-16-13(17)10-20-15(16)8-9-18-14/h2-3,5-6,10H,4,7-9H2,1H3. The maximum Gasteiger partial charge on any atom is 0.118 e. The summed E-state index contributed by atoms with van der Waals surface area (Å²) in [6, 6.07) is 8.22. The number of aliphatic imine (C=N–C) groups is 1. The lowest BCUT2D eigenvalue weighted by Gasteiger charge is -2.14. The van der Waals surface area contributed by atoms with Crippen LogP contribution in [-0.2, 0) is 12.8 Å². The van der Waals surface area contributed by atoms with E-state index in [2.05, 4.69) is 17.1 Å². The molecule has 1 aromatic heterocycles. The van der Waals surface area contributed by atoms with Crippen molar-refractivity contribution in [3.63, 3.8) is 0 Å². The Morgan fingerprint density at radius 3 is 2.80 bits per heavy atom. The smallest absolute Gasteiger partial charge is 0.118 e. The zero-order valence-corrected chi connectivity index (χ0v) is 12.9. The van der Waals surface area contributed by atoms with Crippen LogP contribution >= 0.6 is 22.9 Å². The first kappa shape index (κ1) is 13.7. The molecule has 1 aromatic carbocycles. The van der Waals surface area contributed by atoms with Crippen molar-refractivity contribution in [2.45, 2.75) is 19.3 Å². The van der Waals surface area contributed by atoms with Gasteiger partial charge < -0.3 is 4.74 Å². The van der Waals surface area contributed by atoms with Crippen LogP contribution in [0.4, 0.5) is 0 Å². The molecule has 0 saturated carbocycles. The van der Waals surface area contributed by atoms with E-state index < -0.39 is 0 Å². The summed E-state index contributed by atoms with van der Waals surface area (Å²) in [5, 5.41) is 2.89. The predicted molar refractivity (Wildman–Crippen MR) is 85.8 cm³/mol. The normalized spacial score (nSPS) is 13.8. The number of fused-ring (bicyclic) bond motifs is 1. The molecule has 0 atom stereocenters. The van der Waals surface area contributed by atoms with E-state index in [-0.39, 0.29) is 0 Å². The number of halogens is 1. The van der Waals surface area contributed by atoms with Crippen molar-refractivity contribution in [2.75, 3.05) is 13.7 Å². The van der Waals surface area contributed by atoms with Crippen molar-refractivity contribution < 1.29 is 4.74 Å². The number of ether oxygens (including phenoxy) is 1. The number of rotatable bonds is 4. The Balaban J connectivity index is 1.72. The number of methoxy groups -OCH3 is 1. The Labute approximate surface area is 128 Å². The molecule has 3 rings (SSSR count). The van der Waals surface area contributed by atoms with Crippen LogP contribution < -0.4 is 4.74 Å². The van der Waals surface area contributed by atoms with Crippen molar-refractivity contribution in [3.05, 3.63) is 50.7 Å². The molecule has 0 spiro atoms. The molecule has 0 N–H and O–H groups in total. The molecule has 20 heavy (non-hydrogen) atoms. The Hall–Kier alpha value is -1.32. The van der Waals surface area contributed by atoms with E-state index in [0.717, 1.165) is 42.3 Å². The first-order valence-electron chi connectivity index (χ1n) is 6.70. The minimum Gasteiger partial charge on any atom is -0.497 e. The van der Waals surface area contributed by atoms with Gasteiger partial charge in [-0.15, -0.1) is 11.3 Å². The second-order valence-corrected chi connectivity index (χ2v) is 6.18. The van der Waals surface area contributed by atoms with Gasteiger partial charge in [0, 0.05) is 34.5 Å². The molecule has 104 valence electrons. The van der Waals surface area contributed by atoms with Crippen molar-refractivity contribution in [3.8, 4) is 5.75 Å². The first-order valence-corrected chi connectivity index (χ1v) is 7.96.